The second kappa shape index (κ2) is 7.79. The molecule has 2 atom stereocenters. The molecule has 3 rings (SSSR count). The van der Waals surface area contributed by atoms with Crippen molar-refractivity contribution in [3.8, 4) is 0 Å². The Morgan fingerprint density at radius 3 is 2.71 bits per heavy atom. The molecule has 0 saturated carbocycles. The largest absolute Gasteiger partial charge is 0.331 e. The zero-order valence-corrected chi connectivity index (χ0v) is 14.4. The molecule has 2 aliphatic heterocycles. The predicted molar refractivity (Wildman–Crippen MR) is 93.5 cm³/mol. The van der Waals surface area contributed by atoms with Crippen molar-refractivity contribution in [1.29, 1.82) is 0 Å². The molecule has 0 aliphatic carbocycles. The van der Waals surface area contributed by atoms with E-state index in [9.17, 15) is 9.59 Å². The smallest absolute Gasteiger partial charge is 0.245 e. The van der Waals surface area contributed by atoms with Crippen molar-refractivity contribution in [2.75, 3.05) is 32.7 Å². The van der Waals surface area contributed by atoms with Crippen LogP contribution in [0.2, 0.25) is 0 Å². The first-order valence-electron chi connectivity index (χ1n) is 8.98. The first-order chi connectivity index (χ1) is 11.6. The number of rotatable bonds is 5. The normalized spacial score (nSPS) is 25.2. The van der Waals surface area contributed by atoms with E-state index in [0.717, 1.165) is 32.4 Å². The first kappa shape index (κ1) is 17.0. The highest BCUT2D eigenvalue weighted by Gasteiger charge is 2.37. The van der Waals surface area contributed by atoms with Gasteiger partial charge in [0, 0.05) is 13.1 Å². The fourth-order valence-electron chi connectivity index (χ4n) is 3.66. The van der Waals surface area contributed by atoms with Crippen molar-refractivity contribution in [2.24, 2.45) is 5.92 Å². The highest BCUT2D eigenvalue weighted by molar-refractivity contribution is 5.94. The summed E-state index contributed by atoms with van der Waals surface area (Å²) in [6, 6.07) is 9.76. The summed E-state index contributed by atoms with van der Waals surface area (Å²) in [4.78, 5) is 28.7. The van der Waals surface area contributed by atoms with Crippen molar-refractivity contribution in [2.45, 2.75) is 32.2 Å². The zero-order chi connectivity index (χ0) is 16.9. The minimum absolute atomic E-state index is 0.0781. The van der Waals surface area contributed by atoms with E-state index >= 15 is 0 Å². The van der Waals surface area contributed by atoms with Gasteiger partial charge in [0.25, 0.3) is 0 Å². The van der Waals surface area contributed by atoms with Crippen LogP contribution in [0.3, 0.4) is 0 Å². The average molecular weight is 329 g/mol. The van der Waals surface area contributed by atoms with Gasteiger partial charge in [0.1, 0.15) is 6.04 Å². The molecule has 0 unspecified atom stereocenters. The Morgan fingerprint density at radius 1 is 1.21 bits per heavy atom. The third kappa shape index (κ3) is 3.96. The fraction of sp³-hybridized carbons (Fsp3) is 0.579. The Bertz CT molecular complexity index is 569. The van der Waals surface area contributed by atoms with Crippen LogP contribution in [0.1, 0.15) is 25.3 Å². The molecular formula is C19H27N3O2. The monoisotopic (exact) mass is 329 g/mol. The van der Waals surface area contributed by atoms with E-state index < -0.39 is 0 Å². The van der Waals surface area contributed by atoms with E-state index in [1.807, 2.05) is 25.1 Å². The van der Waals surface area contributed by atoms with Gasteiger partial charge in [-0.25, -0.2) is 0 Å². The molecule has 2 amide bonds. The summed E-state index contributed by atoms with van der Waals surface area (Å²) in [5.74, 6) is 0.629. The van der Waals surface area contributed by atoms with E-state index in [1.165, 1.54) is 5.56 Å². The molecule has 130 valence electrons. The number of carbonyl (C=O) groups excluding carboxylic acids is 2. The van der Waals surface area contributed by atoms with Gasteiger partial charge in [-0.05, 0) is 50.8 Å². The number of nitrogens with zero attached hydrogens (tertiary/aromatic N) is 2. The lowest BCUT2D eigenvalue weighted by Crippen LogP contribution is -2.60. The molecule has 0 bridgehead atoms. The number of hydrogen-bond acceptors (Lipinski definition) is 3. The van der Waals surface area contributed by atoms with E-state index in [4.69, 9.17) is 0 Å². The number of benzene rings is 1. The average Bonchev–Trinajstić information content (AvgIpc) is 2.62. The zero-order valence-electron chi connectivity index (χ0n) is 14.4. The quantitative estimate of drug-likeness (QED) is 0.886. The number of amides is 2. The molecule has 2 saturated heterocycles. The van der Waals surface area contributed by atoms with Crippen molar-refractivity contribution in [3.05, 3.63) is 35.9 Å². The van der Waals surface area contributed by atoms with Crippen LogP contribution in [-0.2, 0) is 16.0 Å². The van der Waals surface area contributed by atoms with Crippen LogP contribution >= 0.6 is 0 Å². The van der Waals surface area contributed by atoms with E-state index in [1.54, 1.807) is 9.80 Å². The minimum Gasteiger partial charge on any atom is -0.331 e. The Hall–Kier alpha value is -1.88. The molecule has 1 N–H and O–H groups in total. The maximum atomic E-state index is 12.7. The van der Waals surface area contributed by atoms with Crippen molar-refractivity contribution < 1.29 is 9.59 Å². The van der Waals surface area contributed by atoms with E-state index in [0.29, 0.717) is 19.0 Å². The summed E-state index contributed by atoms with van der Waals surface area (Å²) in [6.07, 6.45) is 3.08. The molecule has 0 aromatic heterocycles. The molecule has 1 aromatic rings. The molecule has 0 spiro atoms. The van der Waals surface area contributed by atoms with Crippen LogP contribution in [-0.4, -0.2) is 60.4 Å². The summed E-state index contributed by atoms with van der Waals surface area (Å²) >= 11 is 0. The molecule has 2 aliphatic rings. The van der Waals surface area contributed by atoms with E-state index in [2.05, 4.69) is 17.4 Å². The third-order valence-electron chi connectivity index (χ3n) is 5.15. The van der Waals surface area contributed by atoms with Gasteiger partial charge >= 0.3 is 0 Å². The lowest BCUT2D eigenvalue weighted by molar-refractivity contribution is -0.155. The maximum Gasteiger partial charge on any atom is 0.245 e. The van der Waals surface area contributed by atoms with Gasteiger partial charge in [-0.3, -0.25) is 9.59 Å². The van der Waals surface area contributed by atoms with E-state index in [-0.39, 0.29) is 24.4 Å². The predicted octanol–water partition coefficient (Wildman–Crippen LogP) is 1.29. The molecule has 2 fully saturated rings. The molecular weight excluding hydrogens is 302 g/mol. The van der Waals surface area contributed by atoms with Crippen molar-refractivity contribution >= 4 is 11.8 Å². The standard InChI is InChI=1S/C19H27N3O2/c1-15-19(24)21(11-9-16-6-3-2-4-7-16)14-18(23)22(15)13-17-8-5-10-20-12-17/h2-4,6-7,15,17,20H,5,8-14H2,1H3/t15-,17-/m0/s1. The molecule has 5 heteroatoms. The van der Waals surface area contributed by atoms with Gasteiger partial charge < -0.3 is 15.1 Å². The van der Waals surface area contributed by atoms with Gasteiger partial charge in [0.2, 0.25) is 11.8 Å². The van der Waals surface area contributed by atoms with Gasteiger partial charge in [0.15, 0.2) is 0 Å². The maximum absolute atomic E-state index is 12.7. The topological polar surface area (TPSA) is 52.7 Å². The van der Waals surface area contributed by atoms with Crippen LogP contribution in [0, 0.1) is 5.92 Å². The Labute approximate surface area is 144 Å². The first-order valence-corrected chi connectivity index (χ1v) is 8.98. The number of nitrogens with one attached hydrogen (secondary N) is 1. The lowest BCUT2D eigenvalue weighted by atomic mass is 9.97. The van der Waals surface area contributed by atoms with Crippen LogP contribution in [0.15, 0.2) is 30.3 Å². The number of piperidine rings is 1. The number of piperazine rings is 1. The second-order valence-corrected chi connectivity index (χ2v) is 6.93. The van der Waals surface area contributed by atoms with Crippen LogP contribution in [0.5, 0.6) is 0 Å². The molecule has 0 radical (unpaired) electrons. The molecule has 5 nitrogen and oxygen atoms in total. The highest BCUT2D eigenvalue weighted by Crippen LogP contribution is 2.18. The minimum atomic E-state index is -0.344. The fourth-order valence-corrected chi connectivity index (χ4v) is 3.66. The van der Waals surface area contributed by atoms with Gasteiger partial charge in [-0.2, -0.15) is 0 Å². The second-order valence-electron chi connectivity index (χ2n) is 6.93. The molecule has 1 aromatic carbocycles. The lowest BCUT2D eigenvalue weighted by Gasteiger charge is -2.41. The highest BCUT2D eigenvalue weighted by atomic mass is 16.2. The number of carbonyl (C=O) groups is 2. The number of hydrogen-bond donors (Lipinski definition) is 1. The Morgan fingerprint density at radius 2 is 2.00 bits per heavy atom. The van der Waals surface area contributed by atoms with Crippen molar-refractivity contribution in [3.63, 3.8) is 0 Å². The van der Waals surface area contributed by atoms with Gasteiger partial charge in [-0.1, -0.05) is 30.3 Å². The Balaban J connectivity index is 1.57. The molecule has 2 heterocycles. The Kier molecular flexibility index (Phi) is 5.51. The summed E-state index contributed by atoms with van der Waals surface area (Å²) in [5.41, 5.74) is 1.20. The SMILES string of the molecule is C[C@H]1C(=O)N(CCc2ccccc2)CC(=O)N1C[C@H]1CCCNC1. The third-order valence-corrected chi connectivity index (χ3v) is 5.15. The van der Waals surface area contributed by atoms with Crippen LogP contribution in [0.25, 0.3) is 0 Å². The van der Waals surface area contributed by atoms with Crippen molar-refractivity contribution in [1.82, 2.24) is 15.1 Å². The van der Waals surface area contributed by atoms with Gasteiger partial charge in [-0.15, -0.1) is 0 Å². The summed E-state index contributed by atoms with van der Waals surface area (Å²) in [7, 11) is 0. The van der Waals surface area contributed by atoms with Gasteiger partial charge in [0.05, 0.1) is 6.54 Å². The summed E-state index contributed by atoms with van der Waals surface area (Å²) in [5, 5.41) is 3.38. The summed E-state index contributed by atoms with van der Waals surface area (Å²) in [6.45, 7) is 5.40. The van der Waals surface area contributed by atoms with Crippen LogP contribution < -0.4 is 5.32 Å². The molecule has 24 heavy (non-hydrogen) atoms. The van der Waals surface area contributed by atoms with Crippen LogP contribution in [0.4, 0.5) is 0 Å². The summed E-state index contributed by atoms with van der Waals surface area (Å²) < 4.78 is 0.